The van der Waals surface area contributed by atoms with E-state index >= 15 is 0 Å². The van der Waals surface area contributed by atoms with Crippen LogP contribution in [-0.2, 0) is 14.8 Å². The van der Waals surface area contributed by atoms with E-state index in [0.29, 0.717) is 17.8 Å². The number of rotatable bonds is 8. The number of nitriles is 1. The van der Waals surface area contributed by atoms with Crippen molar-refractivity contribution in [1.29, 1.82) is 5.26 Å². The highest BCUT2D eigenvalue weighted by atomic mass is 32.2. The molecule has 0 spiro atoms. The zero-order valence-corrected chi connectivity index (χ0v) is 14.4. The Bertz CT molecular complexity index is 680. The Kier molecular flexibility index (Phi) is 7.00. The number of sulfonamides is 1. The number of carbonyl (C=O) groups is 1. The molecule has 0 heterocycles. The van der Waals surface area contributed by atoms with E-state index in [1.807, 2.05) is 25.1 Å². The normalized spacial score (nSPS) is 11.1. The summed E-state index contributed by atoms with van der Waals surface area (Å²) in [4.78, 5) is 14.0. The van der Waals surface area contributed by atoms with Crippen molar-refractivity contribution in [2.75, 3.05) is 44.3 Å². The second kappa shape index (κ2) is 8.50. The van der Waals surface area contributed by atoms with Gasteiger partial charge in [-0.1, -0.05) is 6.07 Å². The zero-order chi connectivity index (χ0) is 17.5. The number of amides is 1. The van der Waals surface area contributed by atoms with Gasteiger partial charge in [0.05, 0.1) is 23.6 Å². The first-order valence-corrected chi connectivity index (χ1v) is 8.98. The maximum absolute atomic E-state index is 12.0. The van der Waals surface area contributed by atoms with Gasteiger partial charge in [0.1, 0.15) is 6.54 Å². The lowest BCUT2D eigenvalue weighted by Crippen LogP contribution is -2.41. The van der Waals surface area contributed by atoms with Gasteiger partial charge in [0, 0.05) is 6.54 Å². The minimum absolute atomic E-state index is 0.301. The molecule has 8 heteroatoms. The van der Waals surface area contributed by atoms with Crippen molar-refractivity contribution in [3.63, 3.8) is 0 Å². The molecule has 0 aromatic heterocycles. The molecule has 1 aromatic carbocycles. The number of hydrogen-bond donors (Lipinski definition) is 1. The third kappa shape index (κ3) is 6.67. The first kappa shape index (κ1) is 18.9. The topological polar surface area (TPSA) is 93.5 Å². The fourth-order valence-electron chi connectivity index (χ4n) is 1.94. The molecular weight excluding hydrogens is 316 g/mol. The Morgan fingerprint density at radius 2 is 2.04 bits per heavy atom. The molecule has 1 aromatic rings. The summed E-state index contributed by atoms with van der Waals surface area (Å²) in [5.74, 6) is -0.378. The molecule has 0 bridgehead atoms. The van der Waals surface area contributed by atoms with Crippen LogP contribution in [0.15, 0.2) is 24.3 Å². The smallest absolute Gasteiger partial charge is 0.240 e. The maximum atomic E-state index is 12.0. The molecule has 1 rings (SSSR count). The van der Waals surface area contributed by atoms with E-state index in [9.17, 15) is 13.2 Å². The molecule has 0 fully saturated rings. The van der Waals surface area contributed by atoms with Crippen molar-refractivity contribution >= 4 is 21.6 Å². The summed E-state index contributed by atoms with van der Waals surface area (Å²) in [6.07, 6.45) is 1.81. The van der Waals surface area contributed by atoms with Crippen LogP contribution in [0.25, 0.3) is 0 Å². The molecular formula is C15H22N4O3S. The number of anilines is 1. The highest BCUT2D eigenvalue weighted by molar-refractivity contribution is 7.92. The predicted molar refractivity (Wildman–Crippen MR) is 89.5 cm³/mol. The summed E-state index contributed by atoms with van der Waals surface area (Å²) in [6, 6.07) is 8.11. The molecule has 0 aliphatic heterocycles. The molecule has 0 saturated carbocycles. The Morgan fingerprint density at radius 1 is 1.35 bits per heavy atom. The van der Waals surface area contributed by atoms with Crippen molar-refractivity contribution in [2.24, 2.45) is 0 Å². The third-order valence-corrected chi connectivity index (χ3v) is 4.20. The standard InChI is InChI=1S/C15H22N4O3S/c1-18(2)9-5-8-17-15(20)12-19(23(3,21)22)14-7-4-6-13(10-14)11-16/h4,6-7,10H,5,8-9,12H2,1-3H3,(H,17,20). The van der Waals surface area contributed by atoms with Crippen LogP contribution in [0.4, 0.5) is 5.69 Å². The minimum atomic E-state index is -3.63. The Labute approximate surface area is 137 Å². The summed E-state index contributed by atoms with van der Waals surface area (Å²) in [5.41, 5.74) is 0.637. The summed E-state index contributed by atoms with van der Waals surface area (Å²) in [7, 11) is 0.253. The van der Waals surface area contributed by atoms with Gasteiger partial charge < -0.3 is 10.2 Å². The van der Waals surface area contributed by atoms with Crippen LogP contribution in [-0.4, -0.2) is 59.2 Å². The Balaban J connectivity index is 2.77. The first-order valence-electron chi connectivity index (χ1n) is 7.13. The van der Waals surface area contributed by atoms with E-state index in [0.717, 1.165) is 23.5 Å². The van der Waals surface area contributed by atoms with Gasteiger partial charge in [0.25, 0.3) is 0 Å². The molecule has 23 heavy (non-hydrogen) atoms. The number of nitrogens with one attached hydrogen (secondary N) is 1. The van der Waals surface area contributed by atoms with E-state index in [1.54, 1.807) is 18.2 Å². The lowest BCUT2D eigenvalue weighted by atomic mass is 10.2. The van der Waals surface area contributed by atoms with Crippen LogP contribution < -0.4 is 9.62 Å². The molecule has 126 valence electrons. The molecule has 0 unspecified atom stereocenters. The van der Waals surface area contributed by atoms with Gasteiger partial charge in [-0.3, -0.25) is 9.10 Å². The van der Waals surface area contributed by atoms with Crippen molar-refractivity contribution in [2.45, 2.75) is 6.42 Å². The minimum Gasteiger partial charge on any atom is -0.354 e. The molecule has 1 N–H and O–H groups in total. The lowest BCUT2D eigenvalue weighted by Gasteiger charge is -2.22. The van der Waals surface area contributed by atoms with Crippen LogP contribution in [0.3, 0.4) is 0 Å². The number of hydrogen-bond acceptors (Lipinski definition) is 5. The maximum Gasteiger partial charge on any atom is 0.240 e. The second-order valence-corrected chi connectivity index (χ2v) is 7.35. The summed E-state index contributed by atoms with van der Waals surface area (Å²) in [6.45, 7) is 1.00. The van der Waals surface area contributed by atoms with E-state index in [4.69, 9.17) is 5.26 Å². The largest absolute Gasteiger partial charge is 0.354 e. The van der Waals surface area contributed by atoms with Gasteiger partial charge in [-0.15, -0.1) is 0 Å². The molecule has 0 saturated heterocycles. The summed E-state index contributed by atoms with van der Waals surface area (Å²) >= 11 is 0. The van der Waals surface area contributed by atoms with Crippen LogP contribution in [0, 0.1) is 11.3 Å². The van der Waals surface area contributed by atoms with Crippen LogP contribution >= 0.6 is 0 Å². The fourth-order valence-corrected chi connectivity index (χ4v) is 2.79. The molecule has 0 radical (unpaired) electrons. The van der Waals surface area contributed by atoms with Gasteiger partial charge in [-0.05, 0) is 45.3 Å². The van der Waals surface area contributed by atoms with Crippen LogP contribution in [0.5, 0.6) is 0 Å². The monoisotopic (exact) mass is 338 g/mol. The fraction of sp³-hybridized carbons (Fsp3) is 0.467. The lowest BCUT2D eigenvalue weighted by molar-refractivity contribution is -0.119. The van der Waals surface area contributed by atoms with Crippen LogP contribution in [0.1, 0.15) is 12.0 Å². The number of benzene rings is 1. The molecule has 0 atom stereocenters. The van der Waals surface area contributed by atoms with E-state index < -0.39 is 10.0 Å². The van der Waals surface area contributed by atoms with Crippen molar-refractivity contribution in [1.82, 2.24) is 10.2 Å². The quantitative estimate of drug-likeness (QED) is 0.692. The summed E-state index contributed by atoms with van der Waals surface area (Å²) in [5, 5.41) is 11.6. The van der Waals surface area contributed by atoms with E-state index in [1.165, 1.54) is 6.07 Å². The zero-order valence-electron chi connectivity index (χ0n) is 13.6. The highest BCUT2D eigenvalue weighted by Crippen LogP contribution is 2.18. The average Bonchev–Trinajstić information content (AvgIpc) is 2.48. The van der Waals surface area contributed by atoms with Crippen molar-refractivity contribution < 1.29 is 13.2 Å². The third-order valence-electron chi connectivity index (χ3n) is 3.06. The van der Waals surface area contributed by atoms with Crippen molar-refractivity contribution in [3.05, 3.63) is 29.8 Å². The van der Waals surface area contributed by atoms with E-state index in [2.05, 4.69) is 5.32 Å². The molecule has 7 nitrogen and oxygen atoms in total. The molecule has 0 aliphatic carbocycles. The van der Waals surface area contributed by atoms with Gasteiger partial charge >= 0.3 is 0 Å². The molecule has 1 amide bonds. The highest BCUT2D eigenvalue weighted by Gasteiger charge is 2.20. The van der Waals surface area contributed by atoms with Crippen molar-refractivity contribution in [3.8, 4) is 6.07 Å². The summed E-state index contributed by atoms with van der Waals surface area (Å²) < 4.78 is 24.9. The Morgan fingerprint density at radius 3 is 2.61 bits per heavy atom. The van der Waals surface area contributed by atoms with Gasteiger partial charge in [0.2, 0.25) is 15.9 Å². The Hall–Kier alpha value is -2.11. The van der Waals surface area contributed by atoms with Crippen LogP contribution in [0.2, 0.25) is 0 Å². The van der Waals surface area contributed by atoms with Gasteiger partial charge in [-0.2, -0.15) is 5.26 Å². The number of carbonyl (C=O) groups excluding carboxylic acids is 1. The average molecular weight is 338 g/mol. The molecule has 0 aliphatic rings. The second-order valence-electron chi connectivity index (χ2n) is 5.44. The van der Waals surface area contributed by atoms with E-state index in [-0.39, 0.29) is 12.5 Å². The number of nitrogens with zero attached hydrogens (tertiary/aromatic N) is 3. The van der Waals surface area contributed by atoms with Gasteiger partial charge in [-0.25, -0.2) is 8.42 Å². The van der Waals surface area contributed by atoms with Gasteiger partial charge in [0.15, 0.2) is 0 Å². The predicted octanol–water partition coefficient (Wildman–Crippen LogP) is 0.392. The SMILES string of the molecule is CN(C)CCCNC(=O)CN(c1cccc(C#N)c1)S(C)(=O)=O. The first-order chi connectivity index (χ1) is 10.7.